The van der Waals surface area contributed by atoms with Gasteiger partial charge in [-0.05, 0) is 55.6 Å². The first-order chi connectivity index (χ1) is 12.7. The molecule has 138 valence electrons. The molecular formula is C22H28N2O2. The zero-order chi connectivity index (χ0) is 18.2. The van der Waals surface area contributed by atoms with Crippen LogP contribution in [0.15, 0.2) is 54.6 Å². The number of hydrogen-bond acceptors (Lipinski definition) is 3. The number of nitrogens with one attached hydrogen (secondary N) is 1. The monoisotopic (exact) mass is 352 g/mol. The van der Waals surface area contributed by atoms with Gasteiger partial charge in [-0.15, -0.1) is 0 Å². The molecule has 4 heteroatoms. The normalized spacial score (nSPS) is 15.6. The molecule has 1 aliphatic heterocycles. The van der Waals surface area contributed by atoms with Crippen LogP contribution in [-0.4, -0.2) is 43.6 Å². The van der Waals surface area contributed by atoms with E-state index in [0.29, 0.717) is 19.0 Å². The van der Waals surface area contributed by atoms with Crippen molar-refractivity contribution in [2.45, 2.75) is 31.7 Å². The molecule has 4 nitrogen and oxygen atoms in total. The second-order valence-corrected chi connectivity index (χ2v) is 6.92. The second kappa shape index (κ2) is 9.39. The Hall–Kier alpha value is -2.33. The molecular weight excluding hydrogens is 324 g/mol. The van der Waals surface area contributed by atoms with Gasteiger partial charge in [0, 0.05) is 12.6 Å². The zero-order valence-electron chi connectivity index (χ0n) is 15.5. The number of methoxy groups -OCH3 is 1. The lowest BCUT2D eigenvalue weighted by Gasteiger charge is -2.28. The molecule has 0 spiro atoms. The fourth-order valence-electron chi connectivity index (χ4n) is 3.55. The molecule has 0 aromatic heterocycles. The van der Waals surface area contributed by atoms with E-state index in [-0.39, 0.29) is 5.91 Å². The number of hydrogen-bond donors (Lipinski definition) is 1. The van der Waals surface area contributed by atoms with E-state index in [1.54, 1.807) is 7.11 Å². The first-order valence-corrected chi connectivity index (χ1v) is 9.42. The lowest BCUT2D eigenvalue weighted by atomic mass is 10.0. The number of nitrogens with zero attached hydrogens (tertiary/aromatic N) is 1. The lowest BCUT2D eigenvalue weighted by molar-refractivity contribution is -0.120. The fourth-order valence-corrected chi connectivity index (χ4v) is 3.55. The highest BCUT2D eigenvalue weighted by Crippen LogP contribution is 2.16. The summed E-state index contributed by atoms with van der Waals surface area (Å²) in [7, 11) is 1.65. The molecule has 2 aromatic carbocycles. The molecule has 1 amide bonds. The highest BCUT2D eigenvalue weighted by Gasteiger charge is 2.22. The zero-order valence-corrected chi connectivity index (χ0v) is 15.5. The van der Waals surface area contributed by atoms with Crippen molar-refractivity contribution in [1.29, 1.82) is 0 Å². The Morgan fingerprint density at radius 1 is 1.04 bits per heavy atom. The van der Waals surface area contributed by atoms with E-state index in [4.69, 9.17) is 4.74 Å². The quantitative estimate of drug-likeness (QED) is 0.794. The van der Waals surface area contributed by atoms with Gasteiger partial charge in [0.1, 0.15) is 5.75 Å². The first-order valence-electron chi connectivity index (χ1n) is 9.42. The molecule has 1 fully saturated rings. The van der Waals surface area contributed by atoms with Crippen molar-refractivity contribution in [3.63, 3.8) is 0 Å². The lowest BCUT2D eigenvalue weighted by Crippen LogP contribution is -2.44. The van der Waals surface area contributed by atoms with Gasteiger partial charge in [-0.3, -0.25) is 9.69 Å². The maximum atomic E-state index is 12.4. The Kier molecular flexibility index (Phi) is 6.67. The van der Waals surface area contributed by atoms with E-state index in [2.05, 4.69) is 34.5 Å². The Morgan fingerprint density at radius 2 is 1.73 bits per heavy atom. The van der Waals surface area contributed by atoms with E-state index < -0.39 is 0 Å². The molecule has 0 bridgehead atoms. The van der Waals surface area contributed by atoms with E-state index in [1.807, 2.05) is 30.3 Å². The van der Waals surface area contributed by atoms with Crippen LogP contribution in [-0.2, 0) is 17.6 Å². The summed E-state index contributed by atoms with van der Waals surface area (Å²) in [6.07, 6.45) is 3.89. The Labute approximate surface area is 156 Å². The van der Waals surface area contributed by atoms with Gasteiger partial charge in [0.2, 0.25) is 5.91 Å². The number of amides is 1. The summed E-state index contributed by atoms with van der Waals surface area (Å²) in [6.45, 7) is 2.96. The van der Waals surface area contributed by atoms with E-state index >= 15 is 0 Å². The fraction of sp³-hybridized carbons (Fsp3) is 0.409. The molecule has 1 aliphatic rings. The minimum Gasteiger partial charge on any atom is -0.497 e. The van der Waals surface area contributed by atoms with E-state index in [9.17, 15) is 4.79 Å². The van der Waals surface area contributed by atoms with E-state index in [0.717, 1.165) is 30.8 Å². The topological polar surface area (TPSA) is 41.6 Å². The van der Waals surface area contributed by atoms with Crippen molar-refractivity contribution in [3.05, 3.63) is 65.7 Å². The van der Waals surface area contributed by atoms with Gasteiger partial charge < -0.3 is 10.1 Å². The van der Waals surface area contributed by atoms with Crippen LogP contribution in [0.25, 0.3) is 0 Å². The number of benzene rings is 2. The van der Waals surface area contributed by atoms with Crippen molar-refractivity contribution in [1.82, 2.24) is 10.2 Å². The molecule has 3 rings (SSSR count). The van der Waals surface area contributed by atoms with Crippen molar-refractivity contribution < 1.29 is 9.53 Å². The minimum atomic E-state index is 0.0763. The van der Waals surface area contributed by atoms with Crippen LogP contribution in [0.3, 0.4) is 0 Å². The van der Waals surface area contributed by atoms with Gasteiger partial charge >= 0.3 is 0 Å². The van der Waals surface area contributed by atoms with Gasteiger partial charge in [0.05, 0.1) is 13.5 Å². The van der Waals surface area contributed by atoms with Crippen molar-refractivity contribution in [3.8, 4) is 5.75 Å². The maximum Gasteiger partial charge on any atom is 0.224 e. The first kappa shape index (κ1) is 18.5. The van der Waals surface area contributed by atoms with Gasteiger partial charge in [0.15, 0.2) is 0 Å². The van der Waals surface area contributed by atoms with Crippen LogP contribution in [0.2, 0.25) is 0 Å². The molecule has 1 heterocycles. The number of carbonyl (C=O) groups excluding carboxylic acids is 1. The summed E-state index contributed by atoms with van der Waals surface area (Å²) in [6, 6.07) is 18.6. The minimum absolute atomic E-state index is 0.0763. The largest absolute Gasteiger partial charge is 0.497 e. The highest BCUT2D eigenvalue weighted by atomic mass is 16.5. The molecule has 26 heavy (non-hydrogen) atoms. The highest BCUT2D eigenvalue weighted by molar-refractivity contribution is 5.78. The van der Waals surface area contributed by atoms with Crippen LogP contribution in [0, 0.1) is 0 Å². The summed E-state index contributed by atoms with van der Waals surface area (Å²) in [5, 5.41) is 3.15. The van der Waals surface area contributed by atoms with Crippen molar-refractivity contribution >= 4 is 5.91 Å². The van der Waals surface area contributed by atoms with Crippen molar-refractivity contribution in [2.75, 3.05) is 26.7 Å². The summed E-state index contributed by atoms with van der Waals surface area (Å²) < 4.78 is 5.16. The number of likely N-dealkylation sites (tertiary alicyclic amines) is 1. The van der Waals surface area contributed by atoms with Gasteiger partial charge in [-0.25, -0.2) is 0 Å². The molecule has 1 unspecified atom stereocenters. The number of rotatable bonds is 8. The third-order valence-corrected chi connectivity index (χ3v) is 5.03. The van der Waals surface area contributed by atoms with Crippen LogP contribution in [0.1, 0.15) is 24.0 Å². The Morgan fingerprint density at radius 3 is 2.38 bits per heavy atom. The number of carbonyl (C=O) groups is 1. The Bertz CT molecular complexity index is 679. The SMILES string of the molecule is COc1ccc(CC(=O)NCC(Cc2ccccc2)N2CCCC2)cc1. The van der Waals surface area contributed by atoms with E-state index in [1.165, 1.54) is 18.4 Å². The average Bonchev–Trinajstić information content (AvgIpc) is 3.21. The summed E-state index contributed by atoms with van der Waals surface area (Å²) in [5.41, 5.74) is 2.33. The summed E-state index contributed by atoms with van der Waals surface area (Å²) in [5.74, 6) is 0.888. The van der Waals surface area contributed by atoms with Gasteiger partial charge in [-0.2, -0.15) is 0 Å². The summed E-state index contributed by atoms with van der Waals surface area (Å²) >= 11 is 0. The molecule has 1 atom stereocenters. The molecule has 0 aliphatic carbocycles. The average molecular weight is 352 g/mol. The molecule has 0 radical (unpaired) electrons. The third-order valence-electron chi connectivity index (χ3n) is 5.03. The molecule has 1 saturated heterocycles. The summed E-state index contributed by atoms with van der Waals surface area (Å²) in [4.78, 5) is 14.9. The Balaban J connectivity index is 1.54. The van der Waals surface area contributed by atoms with Crippen LogP contribution >= 0.6 is 0 Å². The predicted molar refractivity (Wildman–Crippen MR) is 104 cm³/mol. The van der Waals surface area contributed by atoms with Gasteiger partial charge in [-0.1, -0.05) is 42.5 Å². The molecule has 0 saturated carbocycles. The standard InChI is InChI=1S/C22H28N2O2/c1-26-21-11-9-19(10-12-21)16-22(25)23-17-20(24-13-5-6-14-24)15-18-7-3-2-4-8-18/h2-4,7-12,20H,5-6,13-17H2,1H3,(H,23,25). The predicted octanol–water partition coefficient (Wildman–Crippen LogP) is 3.06. The third kappa shape index (κ3) is 5.33. The van der Waals surface area contributed by atoms with Gasteiger partial charge in [0.25, 0.3) is 0 Å². The molecule has 2 aromatic rings. The number of ether oxygens (including phenoxy) is 1. The smallest absolute Gasteiger partial charge is 0.224 e. The second-order valence-electron chi connectivity index (χ2n) is 6.92. The van der Waals surface area contributed by atoms with Crippen LogP contribution in [0.4, 0.5) is 0 Å². The van der Waals surface area contributed by atoms with Crippen LogP contribution < -0.4 is 10.1 Å². The van der Waals surface area contributed by atoms with Crippen molar-refractivity contribution in [2.24, 2.45) is 0 Å². The maximum absolute atomic E-state index is 12.4. The molecule has 1 N–H and O–H groups in total. The van der Waals surface area contributed by atoms with Crippen LogP contribution in [0.5, 0.6) is 5.75 Å².